The molecule has 0 spiro atoms. The largest absolute Gasteiger partial charge is 0.371 e. The predicted molar refractivity (Wildman–Crippen MR) is 57.5 cm³/mol. The van der Waals surface area contributed by atoms with Gasteiger partial charge in [-0.25, -0.2) is 4.98 Å². The first-order valence-corrected chi connectivity index (χ1v) is 4.94. The van der Waals surface area contributed by atoms with Crippen LogP contribution >= 0.6 is 11.6 Å². The van der Waals surface area contributed by atoms with Gasteiger partial charge in [0.15, 0.2) is 0 Å². The van der Waals surface area contributed by atoms with Crippen LogP contribution in [0.2, 0.25) is 5.15 Å². The van der Waals surface area contributed by atoms with Gasteiger partial charge in [-0.1, -0.05) is 11.6 Å². The summed E-state index contributed by atoms with van der Waals surface area (Å²) >= 11 is 5.84. The number of hydrogen-bond donors (Lipinski definition) is 0. The Morgan fingerprint density at radius 1 is 1.38 bits per heavy atom. The van der Waals surface area contributed by atoms with Crippen molar-refractivity contribution in [1.29, 1.82) is 0 Å². The SMILES string of the molecule is CCN(CC)c1cnc(Cl)c(C)c1. The van der Waals surface area contributed by atoms with E-state index in [1.807, 2.05) is 13.1 Å². The second-order valence-corrected chi connectivity index (χ2v) is 3.33. The number of rotatable bonds is 3. The molecule has 0 bridgehead atoms. The molecule has 0 unspecified atom stereocenters. The first kappa shape index (κ1) is 10.3. The van der Waals surface area contributed by atoms with Crippen molar-refractivity contribution < 1.29 is 0 Å². The highest BCUT2D eigenvalue weighted by Crippen LogP contribution is 2.19. The second kappa shape index (κ2) is 4.47. The van der Waals surface area contributed by atoms with E-state index in [2.05, 4.69) is 29.8 Å². The van der Waals surface area contributed by atoms with Gasteiger partial charge in [0.05, 0.1) is 11.9 Å². The third kappa shape index (κ3) is 2.34. The number of anilines is 1. The van der Waals surface area contributed by atoms with E-state index in [1.54, 1.807) is 0 Å². The Kier molecular flexibility index (Phi) is 3.55. The van der Waals surface area contributed by atoms with E-state index >= 15 is 0 Å². The van der Waals surface area contributed by atoms with Crippen LogP contribution in [0, 0.1) is 6.92 Å². The zero-order valence-corrected chi connectivity index (χ0v) is 9.10. The van der Waals surface area contributed by atoms with Crippen LogP contribution in [0.15, 0.2) is 12.3 Å². The standard InChI is InChI=1S/C10H15ClN2/c1-4-13(5-2)9-6-8(3)10(11)12-7-9/h6-7H,4-5H2,1-3H3. The molecule has 13 heavy (non-hydrogen) atoms. The lowest BCUT2D eigenvalue weighted by atomic mass is 10.2. The van der Waals surface area contributed by atoms with E-state index < -0.39 is 0 Å². The maximum absolute atomic E-state index is 5.84. The average molecular weight is 199 g/mol. The van der Waals surface area contributed by atoms with Crippen LogP contribution in [0.25, 0.3) is 0 Å². The molecule has 0 saturated heterocycles. The maximum atomic E-state index is 5.84. The molecule has 0 fully saturated rings. The third-order valence-electron chi connectivity index (χ3n) is 2.13. The predicted octanol–water partition coefficient (Wildman–Crippen LogP) is 2.89. The summed E-state index contributed by atoms with van der Waals surface area (Å²) < 4.78 is 0. The number of nitrogens with zero attached hydrogens (tertiary/aromatic N) is 2. The van der Waals surface area contributed by atoms with E-state index in [4.69, 9.17) is 11.6 Å². The molecule has 72 valence electrons. The van der Waals surface area contributed by atoms with Crippen LogP contribution in [0.4, 0.5) is 5.69 Å². The summed E-state index contributed by atoms with van der Waals surface area (Å²) in [5, 5.41) is 0.593. The van der Waals surface area contributed by atoms with Crippen LogP contribution in [0.5, 0.6) is 0 Å². The Bertz CT molecular complexity index is 282. The van der Waals surface area contributed by atoms with Crippen LogP contribution in [-0.2, 0) is 0 Å². The molecule has 3 heteroatoms. The van der Waals surface area contributed by atoms with Gasteiger partial charge < -0.3 is 4.90 Å². The van der Waals surface area contributed by atoms with Crippen molar-refractivity contribution in [3.63, 3.8) is 0 Å². The fourth-order valence-corrected chi connectivity index (χ4v) is 1.41. The van der Waals surface area contributed by atoms with Crippen LogP contribution in [-0.4, -0.2) is 18.1 Å². The summed E-state index contributed by atoms with van der Waals surface area (Å²) in [5.41, 5.74) is 2.18. The van der Waals surface area contributed by atoms with Crippen molar-refractivity contribution in [3.8, 4) is 0 Å². The summed E-state index contributed by atoms with van der Waals surface area (Å²) in [5.74, 6) is 0. The van der Waals surface area contributed by atoms with Gasteiger partial charge in [0.1, 0.15) is 5.15 Å². The topological polar surface area (TPSA) is 16.1 Å². The van der Waals surface area contributed by atoms with Crippen molar-refractivity contribution in [2.45, 2.75) is 20.8 Å². The zero-order chi connectivity index (χ0) is 9.84. The molecule has 0 aliphatic carbocycles. The molecule has 1 rings (SSSR count). The lowest BCUT2D eigenvalue weighted by Crippen LogP contribution is -2.21. The van der Waals surface area contributed by atoms with Gasteiger partial charge in [0.2, 0.25) is 0 Å². The Morgan fingerprint density at radius 2 is 2.00 bits per heavy atom. The molecule has 0 N–H and O–H groups in total. The number of halogens is 1. The van der Waals surface area contributed by atoms with Crippen molar-refractivity contribution in [2.75, 3.05) is 18.0 Å². The summed E-state index contributed by atoms with van der Waals surface area (Å²) in [6.45, 7) is 8.24. The van der Waals surface area contributed by atoms with Gasteiger partial charge in [-0.2, -0.15) is 0 Å². The minimum atomic E-state index is 0.593. The first-order valence-electron chi connectivity index (χ1n) is 4.56. The van der Waals surface area contributed by atoms with Crippen molar-refractivity contribution in [3.05, 3.63) is 23.0 Å². The summed E-state index contributed by atoms with van der Waals surface area (Å²) in [4.78, 5) is 6.37. The van der Waals surface area contributed by atoms with Crippen molar-refractivity contribution >= 4 is 17.3 Å². The van der Waals surface area contributed by atoms with Crippen LogP contribution < -0.4 is 4.90 Å². The van der Waals surface area contributed by atoms with Gasteiger partial charge in [-0.05, 0) is 32.4 Å². The molecule has 0 saturated carbocycles. The Labute approximate surface area is 84.5 Å². The lowest BCUT2D eigenvalue weighted by Gasteiger charge is -2.20. The van der Waals surface area contributed by atoms with Crippen molar-refractivity contribution in [1.82, 2.24) is 4.98 Å². The number of aryl methyl sites for hydroxylation is 1. The van der Waals surface area contributed by atoms with E-state index in [0.29, 0.717) is 5.15 Å². The summed E-state index contributed by atoms with van der Waals surface area (Å²) in [6.07, 6.45) is 1.82. The third-order valence-corrected chi connectivity index (χ3v) is 2.52. The van der Waals surface area contributed by atoms with E-state index in [0.717, 1.165) is 24.3 Å². The molecule has 1 aromatic heterocycles. The first-order chi connectivity index (χ1) is 6.19. The molecule has 0 atom stereocenters. The van der Waals surface area contributed by atoms with E-state index in [-0.39, 0.29) is 0 Å². The summed E-state index contributed by atoms with van der Waals surface area (Å²) in [7, 11) is 0. The molecular weight excluding hydrogens is 184 g/mol. The van der Waals surface area contributed by atoms with Gasteiger partial charge in [-0.15, -0.1) is 0 Å². The Morgan fingerprint density at radius 3 is 2.46 bits per heavy atom. The molecule has 2 nitrogen and oxygen atoms in total. The molecular formula is C10H15ClN2. The van der Waals surface area contributed by atoms with Gasteiger partial charge >= 0.3 is 0 Å². The molecule has 0 aliphatic heterocycles. The van der Waals surface area contributed by atoms with Crippen molar-refractivity contribution in [2.24, 2.45) is 0 Å². The fourth-order valence-electron chi connectivity index (χ4n) is 1.30. The number of aromatic nitrogens is 1. The van der Waals surface area contributed by atoms with Gasteiger partial charge in [0, 0.05) is 13.1 Å². The highest BCUT2D eigenvalue weighted by Gasteiger charge is 2.03. The Hall–Kier alpha value is -0.760. The smallest absolute Gasteiger partial charge is 0.132 e. The monoisotopic (exact) mass is 198 g/mol. The fraction of sp³-hybridized carbons (Fsp3) is 0.500. The normalized spacial score (nSPS) is 10.2. The average Bonchev–Trinajstić information content (AvgIpc) is 2.13. The lowest BCUT2D eigenvalue weighted by molar-refractivity contribution is 0.861. The van der Waals surface area contributed by atoms with Gasteiger partial charge in [0.25, 0.3) is 0 Å². The molecule has 1 heterocycles. The minimum Gasteiger partial charge on any atom is -0.371 e. The molecule has 0 amide bonds. The Balaban J connectivity index is 2.95. The quantitative estimate of drug-likeness (QED) is 0.695. The maximum Gasteiger partial charge on any atom is 0.132 e. The minimum absolute atomic E-state index is 0.593. The van der Waals surface area contributed by atoms with E-state index in [9.17, 15) is 0 Å². The van der Waals surface area contributed by atoms with Crippen LogP contribution in [0.3, 0.4) is 0 Å². The summed E-state index contributed by atoms with van der Waals surface area (Å²) in [6, 6.07) is 2.07. The zero-order valence-electron chi connectivity index (χ0n) is 8.34. The van der Waals surface area contributed by atoms with E-state index in [1.165, 1.54) is 0 Å². The second-order valence-electron chi connectivity index (χ2n) is 2.97. The molecule has 1 aromatic rings. The molecule has 0 aliphatic rings. The van der Waals surface area contributed by atoms with Crippen LogP contribution in [0.1, 0.15) is 19.4 Å². The molecule has 0 radical (unpaired) electrons. The van der Waals surface area contributed by atoms with Gasteiger partial charge in [-0.3, -0.25) is 0 Å². The number of pyridine rings is 1. The molecule has 0 aromatic carbocycles. The highest BCUT2D eigenvalue weighted by molar-refractivity contribution is 6.30. The number of hydrogen-bond acceptors (Lipinski definition) is 2. The highest BCUT2D eigenvalue weighted by atomic mass is 35.5.